The minimum atomic E-state index is -1.36. The van der Waals surface area contributed by atoms with Gasteiger partial charge in [0.1, 0.15) is 5.82 Å². The summed E-state index contributed by atoms with van der Waals surface area (Å²) >= 11 is 0. The van der Waals surface area contributed by atoms with Gasteiger partial charge in [0.15, 0.2) is 0 Å². The highest BCUT2D eigenvalue weighted by molar-refractivity contribution is 5.95. The number of halogens is 1. The van der Waals surface area contributed by atoms with E-state index in [1.807, 2.05) is 0 Å². The van der Waals surface area contributed by atoms with Crippen molar-refractivity contribution in [2.24, 2.45) is 23.5 Å². The largest absolute Gasteiger partial charge is 0.478 e. The summed E-state index contributed by atoms with van der Waals surface area (Å²) in [5, 5.41) is 11.6. The molecule has 0 radical (unpaired) electrons. The molecule has 2 aliphatic rings. The van der Waals surface area contributed by atoms with E-state index in [1.54, 1.807) is 0 Å². The number of aromatic carboxylic acids is 1. The number of anilines is 1. The first-order valence-corrected chi connectivity index (χ1v) is 7.06. The number of amides is 1. The summed E-state index contributed by atoms with van der Waals surface area (Å²) < 4.78 is 13.3. The first-order chi connectivity index (χ1) is 9.97. The van der Waals surface area contributed by atoms with Crippen LogP contribution in [0.25, 0.3) is 0 Å². The fourth-order valence-electron chi connectivity index (χ4n) is 3.72. The molecule has 6 heteroatoms. The number of carbonyl (C=O) groups is 2. The summed E-state index contributed by atoms with van der Waals surface area (Å²) in [4.78, 5) is 23.2. The molecule has 112 valence electrons. The van der Waals surface area contributed by atoms with Gasteiger partial charge in [0.05, 0.1) is 11.5 Å². The molecule has 4 atom stereocenters. The average molecular weight is 292 g/mol. The normalized spacial score (nSPS) is 30.4. The zero-order valence-electron chi connectivity index (χ0n) is 11.4. The van der Waals surface area contributed by atoms with Gasteiger partial charge < -0.3 is 16.2 Å². The van der Waals surface area contributed by atoms with Gasteiger partial charge in [-0.2, -0.15) is 0 Å². The third-order valence-corrected chi connectivity index (χ3v) is 4.75. The molecular formula is C15H17FN2O3. The molecule has 1 amide bonds. The molecule has 1 aromatic rings. The molecule has 3 rings (SSSR count). The molecule has 0 spiro atoms. The predicted octanol–water partition coefficient (Wildman–Crippen LogP) is 1.84. The van der Waals surface area contributed by atoms with E-state index < -0.39 is 17.3 Å². The van der Waals surface area contributed by atoms with Crippen LogP contribution in [0, 0.1) is 23.6 Å². The highest BCUT2D eigenvalue weighted by Gasteiger charge is 2.49. The van der Waals surface area contributed by atoms with Gasteiger partial charge in [-0.25, -0.2) is 9.18 Å². The van der Waals surface area contributed by atoms with Crippen LogP contribution in [0.15, 0.2) is 18.2 Å². The van der Waals surface area contributed by atoms with Crippen molar-refractivity contribution in [3.05, 3.63) is 29.6 Å². The van der Waals surface area contributed by atoms with Gasteiger partial charge in [-0.05, 0) is 49.3 Å². The maximum absolute atomic E-state index is 13.3. The average Bonchev–Trinajstić information content (AvgIpc) is 3.01. The first kappa shape index (κ1) is 14.0. The smallest absolute Gasteiger partial charge is 0.338 e. The zero-order chi connectivity index (χ0) is 15.1. The summed E-state index contributed by atoms with van der Waals surface area (Å²) in [5.74, 6) is -1.89. The molecule has 2 aliphatic carbocycles. The Morgan fingerprint density at radius 3 is 2.62 bits per heavy atom. The van der Waals surface area contributed by atoms with Gasteiger partial charge in [-0.15, -0.1) is 0 Å². The Bertz CT molecular complexity index is 603. The highest BCUT2D eigenvalue weighted by Crippen LogP contribution is 2.47. The summed E-state index contributed by atoms with van der Waals surface area (Å²) in [7, 11) is 0. The zero-order valence-corrected chi connectivity index (χ0v) is 11.4. The Balaban J connectivity index is 1.76. The van der Waals surface area contributed by atoms with Gasteiger partial charge in [-0.1, -0.05) is 0 Å². The van der Waals surface area contributed by atoms with E-state index >= 15 is 0 Å². The standard InChI is InChI=1S/C15H17FN2O3/c16-11-4-3-9(6-10(11)15(20)21)18-14(19)12-7-1-2-8(5-7)13(12)17/h3-4,6-8,12-13H,1-2,5,17H2,(H,18,19)(H,20,21). The molecular weight excluding hydrogens is 275 g/mol. The van der Waals surface area contributed by atoms with Gasteiger partial charge >= 0.3 is 5.97 Å². The van der Waals surface area contributed by atoms with E-state index in [0.717, 1.165) is 31.4 Å². The lowest BCUT2D eigenvalue weighted by Crippen LogP contribution is -2.42. The van der Waals surface area contributed by atoms with Crippen molar-refractivity contribution in [3.63, 3.8) is 0 Å². The monoisotopic (exact) mass is 292 g/mol. The van der Waals surface area contributed by atoms with Crippen LogP contribution < -0.4 is 11.1 Å². The third kappa shape index (κ3) is 2.40. The molecule has 2 fully saturated rings. The van der Waals surface area contributed by atoms with E-state index in [4.69, 9.17) is 10.8 Å². The Morgan fingerprint density at radius 1 is 1.29 bits per heavy atom. The lowest BCUT2D eigenvalue weighted by Gasteiger charge is -2.27. The van der Waals surface area contributed by atoms with E-state index in [-0.39, 0.29) is 23.6 Å². The number of fused-ring (bicyclic) bond motifs is 2. The van der Waals surface area contributed by atoms with Crippen molar-refractivity contribution in [1.82, 2.24) is 0 Å². The molecule has 0 aromatic heterocycles. The molecule has 0 aliphatic heterocycles. The molecule has 5 nitrogen and oxygen atoms in total. The SMILES string of the molecule is NC1C2CCC(C2)C1C(=O)Nc1ccc(F)c(C(=O)O)c1. The molecule has 0 saturated heterocycles. The molecule has 1 aromatic carbocycles. The Hall–Kier alpha value is -1.95. The second kappa shape index (κ2) is 5.11. The van der Waals surface area contributed by atoms with Crippen LogP contribution in [-0.4, -0.2) is 23.0 Å². The maximum atomic E-state index is 13.3. The van der Waals surface area contributed by atoms with Crippen LogP contribution in [-0.2, 0) is 4.79 Å². The second-order valence-corrected chi connectivity index (χ2v) is 5.93. The van der Waals surface area contributed by atoms with E-state index in [2.05, 4.69) is 5.32 Å². The van der Waals surface area contributed by atoms with Crippen molar-refractivity contribution >= 4 is 17.6 Å². The predicted molar refractivity (Wildman–Crippen MR) is 74.3 cm³/mol. The van der Waals surface area contributed by atoms with Crippen LogP contribution in [0.2, 0.25) is 0 Å². The molecule has 21 heavy (non-hydrogen) atoms. The second-order valence-electron chi connectivity index (χ2n) is 5.93. The van der Waals surface area contributed by atoms with Gasteiger partial charge in [0, 0.05) is 11.7 Å². The number of benzene rings is 1. The van der Waals surface area contributed by atoms with E-state index in [9.17, 15) is 14.0 Å². The summed E-state index contributed by atoms with van der Waals surface area (Å²) in [5.41, 5.74) is 5.94. The molecule has 4 unspecified atom stereocenters. The van der Waals surface area contributed by atoms with Crippen LogP contribution in [0.3, 0.4) is 0 Å². The highest BCUT2D eigenvalue weighted by atomic mass is 19.1. The van der Waals surface area contributed by atoms with Crippen LogP contribution >= 0.6 is 0 Å². The van der Waals surface area contributed by atoms with Crippen molar-refractivity contribution in [3.8, 4) is 0 Å². The van der Waals surface area contributed by atoms with Crippen molar-refractivity contribution < 1.29 is 19.1 Å². The van der Waals surface area contributed by atoms with Crippen LogP contribution in [0.4, 0.5) is 10.1 Å². The quantitative estimate of drug-likeness (QED) is 0.792. The van der Waals surface area contributed by atoms with Crippen molar-refractivity contribution in [1.29, 1.82) is 0 Å². The fourth-order valence-corrected chi connectivity index (χ4v) is 3.72. The molecule has 4 N–H and O–H groups in total. The third-order valence-electron chi connectivity index (χ3n) is 4.75. The first-order valence-electron chi connectivity index (χ1n) is 7.06. The van der Waals surface area contributed by atoms with Crippen molar-refractivity contribution in [2.45, 2.75) is 25.3 Å². The summed E-state index contributed by atoms with van der Waals surface area (Å²) in [6, 6.07) is 3.40. The Labute approximate surface area is 121 Å². The van der Waals surface area contributed by atoms with Gasteiger partial charge in [-0.3, -0.25) is 4.79 Å². The van der Waals surface area contributed by atoms with E-state index in [0.29, 0.717) is 11.8 Å². The number of rotatable bonds is 3. The topological polar surface area (TPSA) is 92.4 Å². The lowest BCUT2D eigenvalue weighted by molar-refractivity contribution is -0.121. The van der Waals surface area contributed by atoms with Gasteiger partial charge in [0.2, 0.25) is 5.91 Å². The Morgan fingerprint density at radius 2 is 2.00 bits per heavy atom. The summed E-state index contributed by atoms with van der Waals surface area (Å²) in [6.45, 7) is 0. The number of carboxylic acid groups (broad SMARTS) is 1. The Kier molecular flexibility index (Phi) is 3.41. The van der Waals surface area contributed by atoms with Crippen LogP contribution in [0.5, 0.6) is 0 Å². The number of nitrogens with one attached hydrogen (secondary N) is 1. The number of hydrogen-bond acceptors (Lipinski definition) is 3. The minimum absolute atomic E-state index is 0.136. The lowest BCUT2D eigenvalue weighted by atomic mass is 9.84. The van der Waals surface area contributed by atoms with E-state index in [1.165, 1.54) is 6.07 Å². The fraction of sp³-hybridized carbons (Fsp3) is 0.467. The van der Waals surface area contributed by atoms with Crippen molar-refractivity contribution in [2.75, 3.05) is 5.32 Å². The number of carboxylic acids is 1. The molecule has 0 heterocycles. The maximum Gasteiger partial charge on any atom is 0.338 e. The van der Waals surface area contributed by atoms with Gasteiger partial charge in [0.25, 0.3) is 0 Å². The summed E-state index contributed by atoms with van der Waals surface area (Å²) in [6.07, 6.45) is 3.08. The number of carbonyl (C=O) groups excluding carboxylic acids is 1. The number of nitrogens with two attached hydrogens (primary N) is 1. The van der Waals surface area contributed by atoms with Crippen LogP contribution in [0.1, 0.15) is 29.6 Å². The number of hydrogen-bond donors (Lipinski definition) is 3. The minimum Gasteiger partial charge on any atom is -0.478 e. The molecule has 2 bridgehead atoms. The molecule has 2 saturated carbocycles.